The lowest BCUT2D eigenvalue weighted by Gasteiger charge is -2.06. The first-order chi connectivity index (χ1) is 6.19. The third kappa shape index (κ3) is 1.98. The van der Waals surface area contributed by atoms with Gasteiger partial charge in [0.1, 0.15) is 11.5 Å². The fourth-order valence-electron chi connectivity index (χ4n) is 0.823. The van der Waals surface area contributed by atoms with E-state index >= 15 is 0 Å². The van der Waals surface area contributed by atoms with Crippen molar-refractivity contribution in [1.29, 1.82) is 5.26 Å². The van der Waals surface area contributed by atoms with E-state index in [2.05, 4.69) is 15.3 Å². The predicted molar refractivity (Wildman–Crippen MR) is 47.6 cm³/mol. The van der Waals surface area contributed by atoms with Gasteiger partial charge in [-0.3, -0.25) is 5.32 Å². The fourth-order valence-corrected chi connectivity index (χ4v) is 1.07. The second kappa shape index (κ2) is 3.92. The van der Waals surface area contributed by atoms with Crippen LogP contribution in [0.2, 0.25) is 5.15 Å². The Kier molecular flexibility index (Phi) is 2.88. The Labute approximate surface area is 80.3 Å². The average Bonchev–Trinajstić information content (AvgIpc) is 2.09. The molecule has 0 bridgehead atoms. The largest absolute Gasteiger partial charge is 0.479 e. The zero-order valence-electron chi connectivity index (χ0n) is 7.13. The van der Waals surface area contributed by atoms with Gasteiger partial charge in [-0.25, -0.2) is 4.98 Å². The zero-order valence-corrected chi connectivity index (χ0v) is 7.88. The highest BCUT2D eigenvalue weighted by molar-refractivity contribution is 6.32. The highest BCUT2D eigenvalue weighted by Crippen LogP contribution is 2.28. The SMILES string of the molecule is COc1nc(C)nc(Cl)c1NC#N. The van der Waals surface area contributed by atoms with Crippen molar-refractivity contribution in [2.24, 2.45) is 0 Å². The van der Waals surface area contributed by atoms with Gasteiger partial charge in [0.05, 0.1) is 7.11 Å². The first-order valence-electron chi connectivity index (χ1n) is 3.42. The molecule has 0 spiro atoms. The molecule has 0 aliphatic carbocycles. The molecule has 0 aliphatic rings. The molecule has 0 atom stereocenters. The maximum atomic E-state index is 8.40. The summed E-state index contributed by atoms with van der Waals surface area (Å²) in [5, 5.41) is 10.9. The van der Waals surface area contributed by atoms with Crippen molar-refractivity contribution in [3.63, 3.8) is 0 Å². The van der Waals surface area contributed by atoms with Crippen LogP contribution in [0.4, 0.5) is 5.69 Å². The van der Waals surface area contributed by atoms with Gasteiger partial charge < -0.3 is 4.74 Å². The summed E-state index contributed by atoms with van der Waals surface area (Å²) in [6.45, 7) is 1.69. The van der Waals surface area contributed by atoms with Crippen molar-refractivity contribution in [2.45, 2.75) is 6.92 Å². The van der Waals surface area contributed by atoms with Gasteiger partial charge in [-0.2, -0.15) is 10.2 Å². The van der Waals surface area contributed by atoms with Crippen molar-refractivity contribution >= 4 is 17.3 Å². The van der Waals surface area contributed by atoms with Gasteiger partial charge in [-0.15, -0.1) is 0 Å². The molecule has 0 amide bonds. The van der Waals surface area contributed by atoms with Crippen molar-refractivity contribution in [2.75, 3.05) is 12.4 Å². The second-order valence-corrected chi connectivity index (χ2v) is 2.54. The van der Waals surface area contributed by atoms with Crippen LogP contribution < -0.4 is 10.1 Å². The molecule has 5 nitrogen and oxygen atoms in total. The highest BCUT2D eigenvalue weighted by atomic mass is 35.5. The Bertz CT molecular complexity index is 360. The van der Waals surface area contributed by atoms with E-state index in [1.165, 1.54) is 7.11 Å². The zero-order chi connectivity index (χ0) is 9.84. The maximum Gasteiger partial charge on any atom is 0.243 e. The first kappa shape index (κ1) is 9.55. The highest BCUT2D eigenvalue weighted by Gasteiger charge is 2.11. The molecular formula is C7H7ClN4O. The van der Waals surface area contributed by atoms with E-state index in [1.807, 2.05) is 0 Å². The van der Waals surface area contributed by atoms with Gasteiger partial charge in [0, 0.05) is 0 Å². The molecule has 1 rings (SSSR count). The summed E-state index contributed by atoms with van der Waals surface area (Å²) >= 11 is 5.75. The van der Waals surface area contributed by atoms with Crippen LogP contribution in [0, 0.1) is 18.4 Å². The topological polar surface area (TPSA) is 70.8 Å². The van der Waals surface area contributed by atoms with Crippen molar-refractivity contribution < 1.29 is 4.74 Å². The Morgan fingerprint density at radius 3 is 2.77 bits per heavy atom. The molecule has 0 unspecified atom stereocenters. The van der Waals surface area contributed by atoms with Crippen LogP contribution in [0.15, 0.2) is 0 Å². The van der Waals surface area contributed by atoms with Gasteiger partial charge in [-0.05, 0) is 6.92 Å². The number of hydrogen-bond acceptors (Lipinski definition) is 5. The number of rotatable bonds is 2. The van der Waals surface area contributed by atoms with E-state index in [-0.39, 0.29) is 16.7 Å². The summed E-state index contributed by atoms with van der Waals surface area (Å²) < 4.78 is 4.91. The van der Waals surface area contributed by atoms with Crippen molar-refractivity contribution in [3.8, 4) is 12.1 Å². The Morgan fingerprint density at radius 2 is 2.23 bits per heavy atom. The first-order valence-corrected chi connectivity index (χ1v) is 3.80. The Balaban J connectivity index is 3.23. The lowest BCUT2D eigenvalue weighted by Crippen LogP contribution is -2.00. The van der Waals surface area contributed by atoms with Crippen LogP contribution in [0.1, 0.15) is 5.82 Å². The smallest absolute Gasteiger partial charge is 0.243 e. The molecule has 0 aromatic carbocycles. The van der Waals surface area contributed by atoms with E-state index in [9.17, 15) is 0 Å². The number of hydrogen-bond donors (Lipinski definition) is 1. The number of nitrogens with one attached hydrogen (secondary N) is 1. The summed E-state index contributed by atoms with van der Waals surface area (Å²) in [4.78, 5) is 7.80. The molecule has 6 heteroatoms. The maximum absolute atomic E-state index is 8.40. The Morgan fingerprint density at radius 1 is 1.54 bits per heavy atom. The van der Waals surface area contributed by atoms with Crippen LogP contribution >= 0.6 is 11.6 Å². The molecule has 1 N–H and O–H groups in total. The number of nitrogens with zero attached hydrogens (tertiary/aromatic N) is 3. The van der Waals surface area contributed by atoms with Gasteiger partial charge in [-0.1, -0.05) is 11.6 Å². The number of nitriles is 1. The third-order valence-corrected chi connectivity index (χ3v) is 1.59. The second-order valence-electron chi connectivity index (χ2n) is 2.18. The molecule has 0 fully saturated rings. The molecule has 1 heterocycles. The lowest BCUT2D eigenvalue weighted by atomic mass is 10.5. The van der Waals surface area contributed by atoms with Crippen LogP contribution in [-0.2, 0) is 0 Å². The molecule has 0 saturated carbocycles. The summed E-state index contributed by atoms with van der Waals surface area (Å²) in [7, 11) is 1.45. The summed E-state index contributed by atoms with van der Waals surface area (Å²) in [6.07, 6.45) is 1.72. The van der Waals surface area contributed by atoms with E-state index < -0.39 is 0 Å². The van der Waals surface area contributed by atoms with Gasteiger partial charge in [0.15, 0.2) is 11.3 Å². The number of halogens is 1. The summed E-state index contributed by atoms with van der Waals surface area (Å²) in [5.41, 5.74) is 0.289. The number of anilines is 1. The van der Waals surface area contributed by atoms with Crippen LogP contribution in [0.5, 0.6) is 5.88 Å². The molecule has 13 heavy (non-hydrogen) atoms. The van der Waals surface area contributed by atoms with E-state index in [4.69, 9.17) is 21.6 Å². The number of methoxy groups -OCH3 is 1. The standard InChI is InChI=1S/C7H7ClN4O/c1-4-11-6(8)5(10-3-9)7(12-4)13-2/h10H,1-2H3. The number of ether oxygens (including phenoxy) is 1. The minimum atomic E-state index is 0.172. The molecule has 1 aromatic heterocycles. The molecular weight excluding hydrogens is 192 g/mol. The molecule has 0 saturated heterocycles. The van der Waals surface area contributed by atoms with Crippen molar-refractivity contribution in [1.82, 2.24) is 9.97 Å². The molecule has 1 aromatic rings. The molecule has 0 radical (unpaired) electrons. The van der Waals surface area contributed by atoms with Crippen LogP contribution in [0.3, 0.4) is 0 Å². The normalized spacial score (nSPS) is 9.08. The lowest BCUT2D eigenvalue weighted by molar-refractivity contribution is 0.398. The van der Waals surface area contributed by atoms with Gasteiger partial charge in [0.2, 0.25) is 5.88 Å². The predicted octanol–water partition coefficient (Wildman–Crippen LogP) is 1.34. The fraction of sp³-hybridized carbons (Fsp3) is 0.286. The third-order valence-electron chi connectivity index (χ3n) is 1.32. The molecule has 0 aliphatic heterocycles. The number of aromatic nitrogens is 2. The van der Waals surface area contributed by atoms with Gasteiger partial charge in [0.25, 0.3) is 0 Å². The van der Waals surface area contributed by atoms with Crippen LogP contribution in [0.25, 0.3) is 0 Å². The monoisotopic (exact) mass is 198 g/mol. The molecule has 68 valence electrons. The van der Waals surface area contributed by atoms with Gasteiger partial charge >= 0.3 is 0 Å². The minimum absolute atomic E-state index is 0.172. The Hall–Kier alpha value is -1.54. The van der Waals surface area contributed by atoms with Crippen molar-refractivity contribution in [3.05, 3.63) is 11.0 Å². The van der Waals surface area contributed by atoms with E-state index in [0.29, 0.717) is 5.82 Å². The summed E-state index contributed by atoms with van der Waals surface area (Å²) in [5.74, 6) is 0.754. The number of aryl methyl sites for hydroxylation is 1. The quantitative estimate of drug-likeness (QED) is 0.441. The minimum Gasteiger partial charge on any atom is -0.479 e. The average molecular weight is 199 g/mol. The van der Waals surface area contributed by atoms with E-state index in [0.717, 1.165) is 0 Å². The van der Waals surface area contributed by atoms with E-state index in [1.54, 1.807) is 13.1 Å². The summed E-state index contributed by atoms with van der Waals surface area (Å²) in [6, 6.07) is 0. The van der Waals surface area contributed by atoms with Crippen LogP contribution in [-0.4, -0.2) is 17.1 Å².